The van der Waals surface area contributed by atoms with E-state index >= 15 is 0 Å². The molecule has 1 saturated heterocycles. The van der Waals surface area contributed by atoms with Crippen molar-refractivity contribution in [2.45, 2.75) is 45.2 Å². The van der Waals surface area contributed by atoms with Gasteiger partial charge < -0.3 is 20.9 Å². The molecule has 2 heterocycles. The second-order valence-electron chi connectivity index (χ2n) is 8.27. The molecule has 4 N–H and O–H groups in total. The van der Waals surface area contributed by atoms with Crippen LogP contribution in [0.4, 0.5) is 0 Å². The summed E-state index contributed by atoms with van der Waals surface area (Å²) >= 11 is 3.40. The maximum absolute atomic E-state index is 12.9. The molecular weight excluding hydrogens is 462 g/mol. The zero-order chi connectivity index (χ0) is 22.5. The van der Waals surface area contributed by atoms with Crippen LogP contribution in [-0.4, -0.2) is 41.3 Å². The van der Waals surface area contributed by atoms with Crippen LogP contribution in [-0.2, 0) is 9.59 Å². The van der Waals surface area contributed by atoms with E-state index in [9.17, 15) is 19.6 Å². The topological polar surface area (TPSA) is 127 Å². The first-order chi connectivity index (χ1) is 14.8. The van der Waals surface area contributed by atoms with Gasteiger partial charge in [-0.05, 0) is 43.4 Å². The number of carbonyl (C=O) groups is 3. The molecule has 1 aliphatic rings. The summed E-state index contributed by atoms with van der Waals surface area (Å²) in [6.07, 6.45) is 1.33. The van der Waals surface area contributed by atoms with E-state index in [0.29, 0.717) is 25.1 Å². The van der Waals surface area contributed by atoms with E-state index in [2.05, 4.69) is 42.9 Å². The van der Waals surface area contributed by atoms with Crippen LogP contribution < -0.4 is 16.0 Å². The van der Waals surface area contributed by atoms with Crippen molar-refractivity contribution in [1.82, 2.24) is 20.9 Å². The van der Waals surface area contributed by atoms with Crippen molar-refractivity contribution in [3.05, 3.63) is 34.4 Å². The Balaban J connectivity index is 1.69. The van der Waals surface area contributed by atoms with Crippen LogP contribution in [0.1, 0.15) is 43.6 Å². The summed E-state index contributed by atoms with van der Waals surface area (Å²) in [4.78, 5) is 40.6. The molecule has 3 rings (SSSR count). The van der Waals surface area contributed by atoms with Crippen molar-refractivity contribution in [2.24, 2.45) is 11.8 Å². The maximum Gasteiger partial charge on any atom is 0.268 e. The number of aromatic nitrogens is 1. The second kappa shape index (κ2) is 9.96. The van der Waals surface area contributed by atoms with Crippen molar-refractivity contribution in [3.8, 4) is 6.07 Å². The molecule has 0 saturated carbocycles. The van der Waals surface area contributed by atoms with Gasteiger partial charge in [0, 0.05) is 27.8 Å². The summed E-state index contributed by atoms with van der Waals surface area (Å²) in [6, 6.07) is 7.86. The molecule has 0 aliphatic carbocycles. The van der Waals surface area contributed by atoms with E-state index in [1.54, 1.807) is 6.07 Å². The van der Waals surface area contributed by atoms with E-state index in [4.69, 9.17) is 0 Å². The molecule has 0 bridgehead atoms. The lowest BCUT2D eigenvalue weighted by Crippen LogP contribution is -2.50. The smallest absolute Gasteiger partial charge is 0.268 e. The van der Waals surface area contributed by atoms with E-state index in [1.165, 1.54) is 0 Å². The highest BCUT2D eigenvalue weighted by Crippen LogP contribution is 2.21. The van der Waals surface area contributed by atoms with Crippen molar-refractivity contribution in [2.75, 3.05) is 6.54 Å². The number of fused-ring (bicyclic) bond motifs is 1. The molecule has 1 fully saturated rings. The normalized spacial score (nSPS) is 17.8. The third kappa shape index (κ3) is 5.85. The van der Waals surface area contributed by atoms with Crippen LogP contribution in [0.15, 0.2) is 28.7 Å². The second-order valence-corrected chi connectivity index (χ2v) is 9.19. The summed E-state index contributed by atoms with van der Waals surface area (Å²) < 4.78 is 0.893. The van der Waals surface area contributed by atoms with Crippen LogP contribution in [0.5, 0.6) is 0 Å². The summed E-state index contributed by atoms with van der Waals surface area (Å²) in [5, 5.41) is 18.6. The van der Waals surface area contributed by atoms with Crippen molar-refractivity contribution in [1.29, 1.82) is 5.26 Å². The Morgan fingerprint density at radius 3 is 2.71 bits per heavy atom. The minimum Gasteiger partial charge on any atom is -0.356 e. The Hall–Kier alpha value is -2.86. The third-order valence-electron chi connectivity index (χ3n) is 5.31. The number of rotatable bonds is 8. The van der Waals surface area contributed by atoms with Gasteiger partial charge in [-0.3, -0.25) is 14.4 Å². The number of amides is 3. The van der Waals surface area contributed by atoms with Gasteiger partial charge in [-0.2, -0.15) is 5.26 Å². The predicted molar refractivity (Wildman–Crippen MR) is 120 cm³/mol. The van der Waals surface area contributed by atoms with E-state index in [-0.39, 0.29) is 24.2 Å². The van der Waals surface area contributed by atoms with E-state index in [1.807, 2.05) is 32.0 Å². The molecule has 1 aromatic heterocycles. The monoisotopic (exact) mass is 487 g/mol. The van der Waals surface area contributed by atoms with Gasteiger partial charge in [0.2, 0.25) is 11.8 Å². The fourth-order valence-electron chi connectivity index (χ4n) is 3.73. The van der Waals surface area contributed by atoms with Gasteiger partial charge in [0.1, 0.15) is 17.8 Å². The molecule has 0 radical (unpaired) electrons. The number of benzene rings is 1. The molecule has 3 amide bonds. The minimum absolute atomic E-state index is 0.0908. The minimum atomic E-state index is -0.793. The molecule has 164 valence electrons. The number of nitrogens with one attached hydrogen (secondary N) is 4. The van der Waals surface area contributed by atoms with Gasteiger partial charge in [-0.1, -0.05) is 35.8 Å². The highest BCUT2D eigenvalue weighted by molar-refractivity contribution is 9.10. The van der Waals surface area contributed by atoms with E-state index in [0.717, 1.165) is 15.4 Å². The molecular formula is C22H26BrN5O3. The van der Waals surface area contributed by atoms with Crippen molar-refractivity contribution < 1.29 is 14.4 Å². The number of nitrogens with zero attached hydrogens (tertiary/aromatic N) is 1. The van der Waals surface area contributed by atoms with Crippen molar-refractivity contribution >= 4 is 44.6 Å². The molecule has 31 heavy (non-hydrogen) atoms. The number of nitriles is 1. The number of hydrogen-bond donors (Lipinski definition) is 4. The highest BCUT2D eigenvalue weighted by Gasteiger charge is 2.30. The zero-order valence-corrected chi connectivity index (χ0v) is 19.1. The van der Waals surface area contributed by atoms with Crippen LogP contribution >= 0.6 is 15.9 Å². The Kier molecular flexibility index (Phi) is 7.33. The lowest BCUT2D eigenvalue weighted by Gasteiger charge is -2.22. The van der Waals surface area contributed by atoms with Gasteiger partial charge in [0.25, 0.3) is 5.91 Å². The standard InChI is InChI=1S/C22H26BrN5O3/c1-12(2)7-18(21(30)26-16(11-24)8-14-5-6-25-20(14)29)28-22(31)19-9-13-3-4-15(23)10-17(13)27-19/h3-4,9-10,12,14,16,18,27H,5-8H2,1-2H3,(H,25,29)(H,26,30)(H,28,31)/t14-,16-,18-/m0/s1. The van der Waals surface area contributed by atoms with Gasteiger partial charge >= 0.3 is 0 Å². The highest BCUT2D eigenvalue weighted by atomic mass is 79.9. The lowest BCUT2D eigenvalue weighted by atomic mass is 9.98. The molecule has 1 aliphatic heterocycles. The molecule has 1 aromatic carbocycles. The van der Waals surface area contributed by atoms with Gasteiger partial charge in [0.05, 0.1) is 6.07 Å². The van der Waals surface area contributed by atoms with Gasteiger partial charge in [-0.15, -0.1) is 0 Å². The summed E-state index contributed by atoms with van der Waals surface area (Å²) in [6.45, 7) is 4.50. The fraction of sp³-hybridized carbons (Fsp3) is 0.455. The Morgan fingerprint density at radius 1 is 1.29 bits per heavy atom. The molecule has 8 nitrogen and oxygen atoms in total. The molecule has 0 spiro atoms. The summed E-state index contributed by atoms with van der Waals surface area (Å²) in [5.74, 6) is -1.04. The molecule has 2 aromatic rings. The van der Waals surface area contributed by atoms with Crippen LogP contribution in [0.3, 0.4) is 0 Å². The van der Waals surface area contributed by atoms with Gasteiger partial charge in [0.15, 0.2) is 0 Å². The SMILES string of the molecule is CC(C)C[C@H](NC(=O)c1cc2ccc(Br)cc2[nH]1)C(=O)N[C@H](C#N)C[C@@H]1CCNC1=O. The Bertz CT molecular complexity index is 1030. The van der Waals surface area contributed by atoms with Crippen LogP contribution in [0, 0.1) is 23.2 Å². The van der Waals surface area contributed by atoms with Crippen LogP contribution in [0.2, 0.25) is 0 Å². The Labute approximate surface area is 189 Å². The van der Waals surface area contributed by atoms with Crippen LogP contribution in [0.25, 0.3) is 10.9 Å². The number of halogens is 1. The first-order valence-electron chi connectivity index (χ1n) is 10.3. The largest absolute Gasteiger partial charge is 0.356 e. The molecule has 0 unspecified atom stereocenters. The van der Waals surface area contributed by atoms with Gasteiger partial charge in [-0.25, -0.2) is 0 Å². The first kappa shape index (κ1) is 22.8. The number of hydrogen-bond acceptors (Lipinski definition) is 4. The molecule has 3 atom stereocenters. The number of aromatic amines is 1. The maximum atomic E-state index is 12.9. The van der Waals surface area contributed by atoms with E-state index < -0.39 is 23.9 Å². The third-order valence-corrected chi connectivity index (χ3v) is 5.81. The fourth-order valence-corrected chi connectivity index (χ4v) is 4.09. The predicted octanol–water partition coefficient (Wildman–Crippen LogP) is 2.61. The zero-order valence-electron chi connectivity index (χ0n) is 17.5. The number of carbonyl (C=O) groups excluding carboxylic acids is 3. The molecule has 9 heteroatoms. The average molecular weight is 488 g/mol. The first-order valence-corrected chi connectivity index (χ1v) is 11.1. The quantitative estimate of drug-likeness (QED) is 0.456. The Morgan fingerprint density at radius 2 is 2.06 bits per heavy atom. The summed E-state index contributed by atoms with van der Waals surface area (Å²) in [5.41, 5.74) is 1.16. The average Bonchev–Trinajstić information content (AvgIpc) is 3.32. The summed E-state index contributed by atoms with van der Waals surface area (Å²) in [7, 11) is 0. The van der Waals surface area contributed by atoms with Crippen molar-refractivity contribution in [3.63, 3.8) is 0 Å². The number of H-pyrrole nitrogens is 1. The lowest BCUT2D eigenvalue weighted by molar-refractivity contribution is -0.125.